The Balaban J connectivity index is 2.08. The highest BCUT2D eigenvalue weighted by molar-refractivity contribution is 9.10. The molecule has 0 saturated carbocycles. The van der Waals surface area contributed by atoms with Gasteiger partial charge in [0.25, 0.3) is 0 Å². The third-order valence-corrected chi connectivity index (χ3v) is 4.39. The van der Waals surface area contributed by atoms with Gasteiger partial charge < -0.3 is 4.74 Å². The van der Waals surface area contributed by atoms with E-state index >= 15 is 0 Å². The van der Waals surface area contributed by atoms with E-state index in [9.17, 15) is 4.79 Å². The van der Waals surface area contributed by atoms with Gasteiger partial charge in [-0.2, -0.15) is 12.6 Å². The van der Waals surface area contributed by atoms with Gasteiger partial charge in [-0.3, -0.25) is 0 Å². The van der Waals surface area contributed by atoms with Crippen molar-refractivity contribution in [3.8, 4) is 0 Å². The second kappa shape index (κ2) is 7.66. The minimum Gasteiger partial charge on any atom is -0.465 e. The quantitative estimate of drug-likeness (QED) is 0.606. The maximum Gasteiger partial charge on any atom is 0.338 e. The van der Waals surface area contributed by atoms with Crippen LogP contribution in [0.15, 0.2) is 53.0 Å². The Morgan fingerprint density at radius 1 is 1.24 bits per heavy atom. The lowest BCUT2D eigenvalue weighted by atomic mass is 9.99. The first kappa shape index (κ1) is 16.1. The SMILES string of the molecule is COC(=O)c1ccccc1CCC(S)c1cccc(Br)c1. The minimum atomic E-state index is -0.288. The number of aryl methyl sites for hydroxylation is 1. The summed E-state index contributed by atoms with van der Waals surface area (Å²) in [6.45, 7) is 0. The van der Waals surface area contributed by atoms with Crippen molar-refractivity contribution in [1.82, 2.24) is 0 Å². The average Bonchev–Trinajstić information content (AvgIpc) is 2.52. The third kappa shape index (κ3) is 4.35. The van der Waals surface area contributed by atoms with Crippen LogP contribution in [-0.4, -0.2) is 13.1 Å². The molecule has 1 atom stereocenters. The highest BCUT2D eigenvalue weighted by Crippen LogP contribution is 2.28. The molecule has 0 aliphatic rings. The van der Waals surface area contributed by atoms with Crippen molar-refractivity contribution in [2.24, 2.45) is 0 Å². The minimum absolute atomic E-state index is 0.133. The number of halogens is 1. The fourth-order valence-corrected chi connectivity index (χ4v) is 2.93. The topological polar surface area (TPSA) is 26.3 Å². The molecule has 0 aliphatic heterocycles. The summed E-state index contributed by atoms with van der Waals surface area (Å²) in [6.07, 6.45) is 1.64. The van der Waals surface area contributed by atoms with E-state index in [0.29, 0.717) is 5.56 Å². The highest BCUT2D eigenvalue weighted by atomic mass is 79.9. The molecule has 110 valence electrons. The zero-order valence-electron chi connectivity index (χ0n) is 11.8. The standard InChI is InChI=1S/C17H17BrO2S/c1-20-17(19)15-8-3-2-5-12(15)9-10-16(21)13-6-4-7-14(18)11-13/h2-8,11,16,21H,9-10H2,1H3. The number of thiol groups is 1. The van der Waals surface area contributed by atoms with Crippen molar-refractivity contribution in [2.45, 2.75) is 18.1 Å². The smallest absolute Gasteiger partial charge is 0.338 e. The predicted molar refractivity (Wildman–Crippen MR) is 92.0 cm³/mol. The summed E-state index contributed by atoms with van der Waals surface area (Å²) < 4.78 is 5.87. The molecule has 2 rings (SSSR count). The Hall–Kier alpha value is -1.26. The Labute approximate surface area is 139 Å². The number of rotatable bonds is 5. The maximum absolute atomic E-state index is 11.7. The summed E-state index contributed by atoms with van der Waals surface area (Å²) in [4.78, 5) is 11.7. The molecule has 4 heteroatoms. The molecule has 0 amide bonds. The summed E-state index contributed by atoms with van der Waals surface area (Å²) in [5, 5.41) is 0.133. The molecule has 0 N–H and O–H groups in total. The van der Waals surface area contributed by atoms with Gasteiger partial charge in [0.05, 0.1) is 12.7 Å². The molecule has 0 spiro atoms. The van der Waals surface area contributed by atoms with Crippen LogP contribution in [0.2, 0.25) is 0 Å². The lowest BCUT2D eigenvalue weighted by Gasteiger charge is -2.13. The summed E-state index contributed by atoms with van der Waals surface area (Å²) in [5.41, 5.74) is 2.80. The normalized spacial score (nSPS) is 12.0. The first-order valence-corrected chi connectivity index (χ1v) is 8.02. The molecule has 2 aromatic rings. The molecule has 0 saturated heterocycles. The number of esters is 1. The number of carbonyl (C=O) groups excluding carboxylic acids is 1. The zero-order valence-corrected chi connectivity index (χ0v) is 14.2. The van der Waals surface area contributed by atoms with Gasteiger partial charge in [-0.25, -0.2) is 4.79 Å². The molecular weight excluding hydrogens is 348 g/mol. The Kier molecular flexibility index (Phi) is 5.88. The lowest BCUT2D eigenvalue weighted by Crippen LogP contribution is -2.06. The van der Waals surface area contributed by atoms with E-state index in [2.05, 4.69) is 40.7 Å². The predicted octanol–water partition coefficient (Wildman–Crippen LogP) is 4.84. The molecule has 0 bridgehead atoms. The molecule has 0 aromatic heterocycles. The molecule has 2 nitrogen and oxygen atoms in total. The number of benzene rings is 2. The van der Waals surface area contributed by atoms with Gasteiger partial charge in [-0.1, -0.05) is 46.3 Å². The van der Waals surface area contributed by atoms with Gasteiger partial charge >= 0.3 is 5.97 Å². The molecule has 1 unspecified atom stereocenters. The first-order chi connectivity index (χ1) is 10.1. The molecule has 0 fully saturated rings. The van der Waals surface area contributed by atoms with E-state index in [1.807, 2.05) is 30.3 Å². The van der Waals surface area contributed by atoms with Gasteiger partial charge in [-0.05, 0) is 42.2 Å². The Morgan fingerprint density at radius 2 is 2.00 bits per heavy atom. The van der Waals surface area contributed by atoms with Gasteiger partial charge in [0, 0.05) is 9.72 Å². The van der Waals surface area contributed by atoms with Gasteiger partial charge in [-0.15, -0.1) is 0 Å². The van der Waals surface area contributed by atoms with Crippen LogP contribution < -0.4 is 0 Å². The van der Waals surface area contributed by atoms with Gasteiger partial charge in [0.1, 0.15) is 0 Å². The van der Waals surface area contributed by atoms with E-state index in [1.54, 1.807) is 6.07 Å². The third-order valence-electron chi connectivity index (χ3n) is 3.34. The molecule has 2 aromatic carbocycles. The van der Waals surface area contributed by atoms with Crippen molar-refractivity contribution >= 4 is 34.5 Å². The fourth-order valence-electron chi connectivity index (χ4n) is 2.22. The lowest BCUT2D eigenvalue weighted by molar-refractivity contribution is 0.0599. The highest BCUT2D eigenvalue weighted by Gasteiger charge is 2.13. The number of ether oxygens (including phenoxy) is 1. The number of methoxy groups -OCH3 is 1. The van der Waals surface area contributed by atoms with Crippen molar-refractivity contribution in [2.75, 3.05) is 7.11 Å². The van der Waals surface area contributed by atoms with Crippen LogP contribution in [0.4, 0.5) is 0 Å². The maximum atomic E-state index is 11.7. The van der Waals surface area contributed by atoms with Crippen LogP contribution in [0.5, 0.6) is 0 Å². The largest absolute Gasteiger partial charge is 0.465 e. The van der Waals surface area contributed by atoms with Crippen LogP contribution in [0.1, 0.15) is 33.2 Å². The second-order valence-electron chi connectivity index (χ2n) is 4.76. The van der Waals surface area contributed by atoms with Crippen LogP contribution in [-0.2, 0) is 11.2 Å². The monoisotopic (exact) mass is 364 g/mol. The van der Waals surface area contributed by atoms with E-state index < -0.39 is 0 Å². The summed E-state index contributed by atoms with van der Waals surface area (Å²) >= 11 is 8.14. The summed E-state index contributed by atoms with van der Waals surface area (Å²) in [5.74, 6) is -0.288. The summed E-state index contributed by atoms with van der Waals surface area (Å²) in [6, 6.07) is 15.7. The van der Waals surface area contributed by atoms with Gasteiger partial charge in [0.15, 0.2) is 0 Å². The van der Waals surface area contributed by atoms with E-state index in [0.717, 1.165) is 22.9 Å². The second-order valence-corrected chi connectivity index (χ2v) is 6.30. The Morgan fingerprint density at radius 3 is 2.71 bits per heavy atom. The van der Waals surface area contributed by atoms with E-state index in [4.69, 9.17) is 4.74 Å². The number of hydrogen-bond donors (Lipinski definition) is 1. The number of hydrogen-bond acceptors (Lipinski definition) is 3. The number of carbonyl (C=O) groups is 1. The zero-order chi connectivity index (χ0) is 15.2. The first-order valence-electron chi connectivity index (χ1n) is 6.71. The van der Waals surface area contributed by atoms with Crippen molar-refractivity contribution in [3.05, 3.63) is 69.7 Å². The van der Waals surface area contributed by atoms with Crippen LogP contribution in [0.25, 0.3) is 0 Å². The molecular formula is C17H17BrO2S. The van der Waals surface area contributed by atoms with E-state index in [1.165, 1.54) is 12.7 Å². The van der Waals surface area contributed by atoms with Crippen molar-refractivity contribution < 1.29 is 9.53 Å². The summed E-state index contributed by atoms with van der Waals surface area (Å²) in [7, 11) is 1.40. The van der Waals surface area contributed by atoms with E-state index in [-0.39, 0.29) is 11.2 Å². The molecule has 21 heavy (non-hydrogen) atoms. The van der Waals surface area contributed by atoms with Crippen LogP contribution in [0.3, 0.4) is 0 Å². The average molecular weight is 365 g/mol. The van der Waals surface area contributed by atoms with Gasteiger partial charge in [0.2, 0.25) is 0 Å². The van der Waals surface area contributed by atoms with Crippen LogP contribution in [0, 0.1) is 0 Å². The van der Waals surface area contributed by atoms with Crippen molar-refractivity contribution in [3.63, 3.8) is 0 Å². The molecule has 0 heterocycles. The Bertz CT molecular complexity index is 628. The van der Waals surface area contributed by atoms with Crippen molar-refractivity contribution in [1.29, 1.82) is 0 Å². The fraction of sp³-hybridized carbons (Fsp3) is 0.235. The molecule has 0 aliphatic carbocycles. The molecule has 0 radical (unpaired) electrons. The van der Waals surface area contributed by atoms with Crippen LogP contribution >= 0.6 is 28.6 Å².